The summed E-state index contributed by atoms with van der Waals surface area (Å²) < 4.78 is 18.3. The van der Waals surface area contributed by atoms with Crippen molar-refractivity contribution in [3.8, 4) is 5.75 Å². The molecule has 0 heterocycles. The fourth-order valence-electron chi connectivity index (χ4n) is 1.37. The highest BCUT2D eigenvalue weighted by Gasteiger charge is 2.08. The third-order valence-electron chi connectivity index (χ3n) is 2.50. The van der Waals surface area contributed by atoms with Crippen LogP contribution in [0.3, 0.4) is 0 Å². The first-order chi connectivity index (χ1) is 8.63. The highest BCUT2D eigenvalue weighted by molar-refractivity contribution is 5.23. The van der Waals surface area contributed by atoms with Crippen molar-refractivity contribution in [1.29, 1.82) is 0 Å². The second-order valence-corrected chi connectivity index (χ2v) is 4.12. The van der Waals surface area contributed by atoms with Crippen molar-refractivity contribution < 1.29 is 19.3 Å². The lowest BCUT2D eigenvalue weighted by molar-refractivity contribution is 0.0973. The largest absolute Gasteiger partial charge is 0.488 e. The van der Waals surface area contributed by atoms with Crippen LogP contribution in [0.5, 0.6) is 5.75 Å². The van der Waals surface area contributed by atoms with Gasteiger partial charge in [-0.2, -0.15) is 0 Å². The van der Waals surface area contributed by atoms with Gasteiger partial charge in [-0.3, -0.25) is 0 Å². The molecule has 0 bridgehead atoms. The molecule has 0 saturated carbocycles. The van der Waals surface area contributed by atoms with Crippen molar-refractivity contribution in [1.82, 2.24) is 5.32 Å². The summed E-state index contributed by atoms with van der Waals surface area (Å²) in [6.07, 6.45) is -0.493. The lowest BCUT2D eigenvalue weighted by Crippen LogP contribution is -2.35. The summed E-state index contributed by atoms with van der Waals surface area (Å²) in [6.45, 7) is 2.61. The van der Waals surface area contributed by atoms with E-state index in [2.05, 4.69) is 5.32 Å². The van der Waals surface area contributed by atoms with Gasteiger partial charge in [-0.05, 0) is 18.6 Å². The van der Waals surface area contributed by atoms with E-state index in [-0.39, 0.29) is 12.4 Å². The summed E-state index contributed by atoms with van der Waals surface area (Å²) >= 11 is 0. The van der Waals surface area contributed by atoms with E-state index in [0.29, 0.717) is 19.5 Å². The SMILES string of the molecule is CCC(O)CNCC(O)COc1ccccc1F. The van der Waals surface area contributed by atoms with Crippen LogP contribution in [0.4, 0.5) is 4.39 Å². The summed E-state index contributed by atoms with van der Waals surface area (Å²) in [4.78, 5) is 0. The number of rotatable bonds is 8. The minimum Gasteiger partial charge on any atom is -0.488 e. The van der Waals surface area contributed by atoms with E-state index >= 15 is 0 Å². The van der Waals surface area contributed by atoms with Crippen LogP contribution >= 0.6 is 0 Å². The molecule has 0 aliphatic rings. The highest BCUT2D eigenvalue weighted by Crippen LogP contribution is 2.15. The molecule has 1 rings (SSSR count). The van der Waals surface area contributed by atoms with Crippen LogP contribution in [0.25, 0.3) is 0 Å². The molecule has 2 unspecified atom stereocenters. The fraction of sp³-hybridized carbons (Fsp3) is 0.538. The summed E-state index contributed by atoms with van der Waals surface area (Å²) in [6, 6.07) is 6.06. The molecule has 0 aliphatic heterocycles. The van der Waals surface area contributed by atoms with Crippen molar-refractivity contribution in [2.45, 2.75) is 25.6 Å². The Kier molecular flexibility index (Phi) is 6.64. The van der Waals surface area contributed by atoms with Gasteiger partial charge in [0.1, 0.15) is 12.7 Å². The molecule has 0 aromatic heterocycles. The first-order valence-corrected chi connectivity index (χ1v) is 6.07. The van der Waals surface area contributed by atoms with Crippen LogP contribution in [0.1, 0.15) is 13.3 Å². The second-order valence-electron chi connectivity index (χ2n) is 4.12. The third-order valence-corrected chi connectivity index (χ3v) is 2.50. The van der Waals surface area contributed by atoms with Crippen LogP contribution in [-0.2, 0) is 0 Å². The Morgan fingerprint density at radius 1 is 1.22 bits per heavy atom. The molecule has 0 amide bonds. The smallest absolute Gasteiger partial charge is 0.165 e. The summed E-state index contributed by atoms with van der Waals surface area (Å²) in [7, 11) is 0. The zero-order valence-corrected chi connectivity index (χ0v) is 10.5. The molecule has 2 atom stereocenters. The Balaban J connectivity index is 2.21. The number of nitrogens with one attached hydrogen (secondary N) is 1. The third kappa shape index (κ3) is 5.44. The minimum atomic E-state index is -0.742. The van der Waals surface area contributed by atoms with E-state index in [1.54, 1.807) is 12.1 Å². The number of hydrogen-bond donors (Lipinski definition) is 3. The molecule has 4 nitrogen and oxygen atoms in total. The lowest BCUT2D eigenvalue weighted by Gasteiger charge is -2.15. The van der Waals surface area contributed by atoms with Gasteiger partial charge < -0.3 is 20.3 Å². The maximum Gasteiger partial charge on any atom is 0.165 e. The van der Waals surface area contributed by atoms with Gasteiger partial charge >= 0.3 is 0 Å². The maximum absolute atomic E-state index is 13.2. The monoisotopic (exact) mass is 257 g/mol. The van der Waals surface area contributed by atoms with E-state index in [9.17, 15) is 14.6 Å². The van der Waals surface area contributed by atoms with Gasteiger partial charge in [-0.15, -0.1) is 0 Å². The predicted octanol–water partition coefficient (Wildman–Crippen LogP) is 0.926. The Labute approximate surface area is 106 Å². The first-order valence-electron chi connectivity index (χ1n) is 6.07. The Morgan fingerprint density at radius 3 is 2.56 bits per heavy atom. The van der Waals surface area contributed by atoms with Crippen molar-refractivity contribution in [3.05, 3.63) is 30.1 Å². The van der Waals surface area contributed by atoms with Crippen LogP contribution in [0.15, 0.2) is 24.3 Å². The van der Waals surface area contributed by atoms with Gasteiger partial charge in [0.15, 0.2) is 11.6 Å². The number of hydrogen-bond acceptors (Lipinski definition) is 4. The van der Waals surface area contributed by atoms with Crippen molar-refractivity contribution in [3.63, 3.8) is 0 Å². The van der Waals surface area contributed by atoms with E-state index in [1.807, 2.05) is 6.92 Å². The van der Waals surface area contributed by atoms with Gasteiger partial charge in [0.2, 0.25) is 0 Å². The molecule has 102 valence electrons. The van der Waals surface area contributed by atoms with Gasteiger partial charge in [-0.1, -0.05) is 19.1 Å². The summed E-state index contributed by atoms with van der Waals surface area (Å²) in [5.74, 6) is -0.316. The lowest BCUT2D eigenvalue weighted by atomic mass is 10.2. The molecule has 1 aromatic rings. The number of halogens is 1. The zero-order valence-electron chi connectivity index (χ0n) is 10.5. The Bertz CT molecular complexity index is 349. The molecular weight excluding hydrogens is 237 g/mol. The average molecular weight is 257 g/mol. The summed E-state index contributed by atoms with van der Waals surface area (Å²) in [5, 5.41) is 21.8. The molecule has 3 N–H and O–H groups in total. The molecule has 0 saturated heterocycles. The number of para-hydroxylation sites is 1. The molecule has 18 heavy (non-hydrogen) atoms. The quantitative estimate of drug-likeness (QED) is 0.648. The van der Waals surface area contributed by atoms with Gasteiger partial charge in [0.05, 0.1) is 6.10 Å². The molecule has 0 fully saturated rings. The molecular formula is C13H20FNO3. The highest BCUT2D eigenvalue weighted by atomic mass is 19.1. The minimum absolute atomic E-state index is 0.0101. The Morgan fingerprint density at radius 2 is 1.89 bits per heavy atom. The second kappa shape index (κ2) is 8.02. The van der Waals surface area contributed by atoms with Gasteiger partial charge in [0, 0.05) is 13.1 Å². The molecule has 0 spiro atoms. The van der Waals surface area contributed by atoms with E-state index < -0.39 is 18.0 Å². The van der Waals surface area contributed by atoms with Gasteiger partial charge in [0.25, 0.3) is 0 Å². The molecule has 5 heteroatoms. The number of aliphatic hydroxyl groups excluding tert-OH is 2. The molecule has 0 radical (unpaired) electrons. The van der Waals surface area contributed by atoms with Crippen molar-refractivity contribution in [2.24, 2.45) is 0 Å². The van der Waals surface area contributed by atoms with E-state index in [1.165, 1.54) is 12.1 Å². The molecule has 0 aliphatic carbocycles. The average Bonchev–Trinajstić information content (AvgIpc) is 2.37. The fourth-order valence-corrected chi connectivity index (χ4v) is 1.37. The van der Waals surface area contributed by atoms with Crippen LogP contribution in [0, 0.1) is 5.82 Å². The topological polar surface area (TPSA) is 61.7 Å². The van der Waals surface area contributed by atoms with Crippen LogP contribution < -0.4 is 10.1 Å². The number of ether oxygens (including phenoxy) is 1. The van der Waals surface area contributed by atoms with Crippen molar-refractivity contribution in [2.75, 3.05) is 19.7 Å². The van der Waals surface area contributed by atoms with Crippen LogP contribution in [-0.4, -0.2) is 42.1 Å². The molecule has 1 aromatic carbocycles. The zero-order chi connectivity index (χ0) is 13.4. The standard InChI is InChI=1S/C13H20FNO3/c1-2-10(16)7-15-8-11(17)9-18-13-6-4-3-5-12(13)14/h3-6,10-11,15-17H,2,7-9H2,1H3. The normalized spacial score (nSPS) is 14.2. The van der Waals surface area contributed by atoms with Crippen LogP contribution in [0.2, 0.25) is 0 Å². The van der Waals surface area contributed by atoms with Gasteiger partial charge in [-0.25, -0.2) is 4.39 Å². The van der Waals surface area contributed by atoms with E-state index in [4.69, 9.17) is 4.74 Å². The van der Waals surface area contributed by atoms with E-state index in [0.717, 1.165) is 0 Å². The Hall–Kier alpha value is -1.17. The predicted molar refractivity (Wildman–Crippen MR) is 67.1 cm³/mol. The number of aliphatic hydroxyl groups is 2. The maximum atomic E-state index is 13.2. The number of benzene rings is 1. The summed E-state index contributed by atoms with van der Waals surface area (Å²) in [5.41, 5.74) is 0. The van der Waals surface area contributed by atoms with Crippen molar-refractivity contribution >= 4 is 0 Å². The first kappa shape index (κ1) is 14.9.